The van der Waals surface area contributed by atoms with Crippen LogP contribution in [0.3, 0.4) is 0 Å². The van der Waals surface area contributed by atoms with Gasteiger partial charge in [0, 0.05) is 17.0 Å². The number of hydrogen-bond acceptors (Lipinski definition) is 5. The monoisotopic (exact) mass is 418 g/mol. The molecule has 1 aromatic rings. The van der Waals surface area contributed by atoms with Crippen molar-refractivity contribution in [3.8, 4) is 5.88 Å². The molecule has 1 atom stereocenters. The maximum Gasteiger partial charge on any atom is 0.391 e. The minimum Gasteiger partial charge on any atom is -0.480 e. The average Bonchev–Trinajstić information content (AvgIpc) is 2.98. The number of hydrogen-bond donors (Lipinski definition) is 1. The molecular weight excluding hydrogens is 397 g/mol. The van der Waals surface area contributed by atoms with Crippen LogP contribution in [0.5, 0.6) is 5.88 Å². The van der Waals surface area contributed by atoms with Gasteiger partial charge in [-0.1, -0.05) is 0 Å². The molecule has 1 saturated carbocycles. The van der Waals surface area contributed by atoms with Gasteiger partial charge in [0.15, 0.2) is 9.84 Å². The summed E-state index contributed by atoms with van der Waals surface area (Å²) in [6.07, 6.45) is -1.90. The molecule has 28 heavy (non-hydrogen) atoms. The van der Waals surface area contributed by atoms with E-state index in [4.69, 9.17) is 4.74 Å². The fraction of sp³-hybridized carbons (Fsp3) is 0.556. The first-order valence-corrected chi connectivity index (χ1v) is 10.6. The molecule has 10 heteroatoms. The van der Waals surface area contributed by atoms with E-state index in [9.17, 15) is 26.4 Å². The molecule has 0 bridgehead atoms. The number of halogens is 3. The predicted octanol–water partition coefficient (Wildman–Crippen LogP) is 2.97. The second-order valence-electron chi connectivity index (χ2n) is 7.12. The molecule has 0 aromatic carbocycles. The lowest BCUT2D eigenvalue weighted by Gasteiger charge is -2.29. The van der Waals surface area contributed by atoms with Crippen molar-refractivity contribution in [2.24, 2.45) is 5.92 Å². The molecule has 1 amide bonds. The smallest absolute Gasteiger partial charge is 0.391 e. The Bertz CT molecular complexity index is 875. The normalized spacial score (nSPS) is 26.8. The summed E-state index contributed by atoms with van der Waals surface area (Å²) in [4.78, 5) is 16.8. The van der Waals surface area contributed by atoms with Crippen molar-refractivity contribution < 1.29 is 31.1 Å². The molecule has 0 radical (unpaired) electrons. The molecule has 1 aromatic heterocycles. The number of ether oxygens (including phenoxy) is 1. The topological polar surface area (TPSA) is 85.4 Å². The lowest BCUT2D eigenvalue weighted by atomic mass is 9.80. The van der Waals surface area contributed by atoms with Crippen molar-refractivity contribution in [1.29, 1.82) is 0 Å². The van der Waals surface area contributed by atoms with Crippen molar-refractivity contribution in [1.82, 2.24) is 10.3 Å². The van der Waals surface area contributed by atoms with Gasteiger partial charge in [0.05, 0.1) is 24.8 Å². The van der Waals surface area contributed by atoms with E-state index in [0.29, 0.717) is 18.5 Å². The van der Waals surface area contributed by atoms with Gasteiger partial charge in [0.1, 0.15) is 5.56 Å². The van der Waals surface area contributed by atoms with Crippen LogP contribution < -0.4 is 10.1 Å². The van der Waals surface area contributed by atoms with Crippen LogP contribution in [0.4, 0.5) is 13.2 Å². The second-order valence-corrected chi connectivity index (χ2v) is 9.05. The third-order valence-corrected chi connectivity index (χ3v) is 6.57. The van der Waals surface area contributed by atoms with Gasteiger partial charge in [-0.05, 0) is 43.9 Å². The Hall–Kier alpha value is -2.10. The molecular formula is C18H21F3N2O4S. The quantitative estimate of drug-likeness (QED) is 0.813. The van der Waals surface area contributed by atoms with Gasteiger partial charge in [-0.3, -0.25) is 4.79 Å². The zero-order valence-corrected chi connectivity index (χ0v) is 16.0. The number of carbonyl (C=O) groups excluding carboxylic acids is 1. The van der Waals surface area contributed by atoms with Gasteiger partial charge in [-0.25, -0.2) is 13.4 Å². The SMILES string of the molecule is COc1nc(C2CCC(C(F)(F)F)CC2)ccc1C(=O)N[C@@H]1C=CS(=O)(=O)C1. The standard InChI is InChI=1S/C18H21F3N2O4S/c1-27-17-14(16(24)22-13-8-9-28(25,26)10-13)6-7-15(23-17)11-2-4-12(5-3-11)18(19,20)21/h6-9,11-13H,2-5,10H2,1H3,(H,22,24)/t11?,12?,13-/m1/s1. The first kappa shape index (κ1) is 20.6. The molecule has 2 aliphatic rings. The first-order chi connectivity index (χ1) is 13.1. The van der Waals surface area contributed by atoms with Crippen LogP contribution in [0.15, 0.2) is 23.6 Å². The Morgan fingerprint density at radius 1 is 1.21 bits per heavy atom. The predicted molar refractivity (Wildman–Crippen MR) is 95.7 cm³/mol. The summed E-state index contributed by atoms with van der Waals surface area (Å²) >= 11 is 0. The summed E-state index contributed by atoms with van der Waals surface area (Å²) in [5.74, 6) is -2.05. The molecule has 0 spiro atoms. The van der Waals surface area contributed by atoms with E-state index in [2.05, 4.69) is 10.3 Å². The number of methoxy groups -OCH3 is 1. The Kier molecular flexibility index (Phi) is 5.69. The lowest BCUT2D eigenvalue weighted by molar-refractivity contribution is -0.182. The van der Waals surface area contributed by atoms with Crippen LogP contribution in [-0.4, -0.2) is 44.4 Å². The fourth-order valence-corrected chi connectivity index (χ4v) is 4.87. The summed E-state index contributed by atoms with van der Waals surface area (Å²) in [6.45, 7) is 0. The van der Waals surface area contributed by atoms with Crippen LogP contribution in [0.2, 0.25) is 0 Å². The van der Waals surface area contributed by atoms with E-state index in [1.807, 2.05) is 0 Å². The summed E-state index contributed by atoms with van der Waals surface area (Å²) in [6, 6.07) is 2.51. The number of pyridine rings is 1. The van der Waals surface area contributed by atoms with Crippen molar-refractivity contribution >= 4 is 15.7 Å². The molecule has 0 saturated heterocycles. The van der Waals surface area contributed by atoms with Gasteiger partial charge in [-0.2, -0.15) is 13.2 Å². The van der Waals surface area contributed by atoms with Crippen LogP contribution >= 0.6 is 0 Å². The van der Waals surface area contributed by atoms with Crippen LogP contribution in [0.1, 0.15) is 47.7 Å². The van der Waals surface area contributed by atoms with E-state index in [1.165, 1.54) is 19.3 Å². The third kappa shape index (κ3) is 4.65. The molecule has 1 fully saturated rings. The van der Waals surface area contributed by atoms with Gasteiger partial charge < -0.3 is 10.1 Å². The minimum atomic E-state index is -4.17. The van der Waals surface area contributed by atoms with Crippen molar-refractivity contribution in [2.45, 2.75) is 43.8 Å². The van der Waals surface area contributed by atoms with Gasteiger partial charge in [0.2, 0.25) is 5.88 Å². The third-order valence-electron chi connectivity index (χ3n) is 5.17. The molecule has 1 aliphatic carbocycles. The van der Waals surface area contributed by atoms with E-state index >= 15 is 0 Å². The van der Waals surface area contributed by atoms with Crippen molar-refractivity contribution in [3.05, 3.63) is 34.9 Å². The summed E-state index contributed by atoms with van der Waals surface area (Å²) < 4.78 is 66.5. The van der Waals surface area contributed by atoms with Crippen molar-refractivity contribution in [3.63, 3.8) is 0 Å². The van der Waals surface area contributed by atoms with Gasteiger partial charge in [0.25, 0.3) is 5.91 Å². The molecule has 1 N–H and O–H groups in total. The summed E-state index contributed by atoms with van der Waals surface area (Å²) in [5, 5.41) is 3.66. The number of amides is 1. The molecule has 154 valence electrons. The number of alkyl halides is 3. The first-order valence-electron chi connectivity index (χ1n) is 8.92. The lowest BCUT2D eigenvalue weighted by Crippen LogP contribution is -2.35. The molecule has 6 nitrogen and oxygen atoms in total. The number of sulfone groups is 1. The highest BCUT2D eigenvalue weighted by Crippen LogP contribution is 2.42. The van der Waals surface area contributed by atoms with Crippen LogP contribution in [0.25, 0.3) is 0 Å². The van der Waals surface area contributed by atoms with E-state index < -0.39 is 33.9 Å². The number of nitrogens with zero attached hydrogens (tertiary/aromatic N) is 1. The number of nitrogens with one attached hydrogen (secondary N) is 1. The molecule has 2 heterocycles. The number of carbonyl (C=O) groups is 1. The minimum absolute atomic E-state index is 0.0584. The summed E-state index contributed by atoms with van der Waals surface area (Å²) in [7, 11) is -1.95. The average molecular weight is 418 g/mol. The Balaban J connectivity index is 1.69. The largest absolute Gasteiger partial charge is 0.480 e. The molecule has 3 rings (SSSR count). The van der Waals surface area contributed by atoms with Crippen LogP contribution in [-0.2, 0) is 9.84 Å². The van der Waals surface area contributed by atoms with E-state index in [0.717, 1.165) is 5.41 Å². The van der Waals surface area contributed by atoms with Crippen molar-refractivity contribution in [2.75, 3.05) is 12.9 Å². The zero-order chi connectivity index (χ0) is 20.5. The number of aromatic nitrogens is 1. The summed E-state index contributed by atoms with van der Waals surface area (Å²) in [5.41, 5.74) is 0.741. The highest BCUT2D eigenvalue weighted by Gasteiger charge is 2.41. The van der Waals surface area contributed by atoms with Gasteiger partial charge >= 0.3 is 6.18 Å². The zero-order valence-electron chi connectivity index (χ0n) is 15.2. The highest BCUT2D eigenvalue weighted by molar-refractivity contribution is 7.94. The molecule has 0 unspecified atom stereocenters. The Morgan fingerprint density at radius 2 is 1.89 bits per heavy atom. The Morgan fingerprint density at radius 3 is 2.43 bits per heavy atom. The number of rotatable bonds is 4. The maximum absolute atomic E-state index is 12.8. The second kappa shape index (κ2) is 7.73. The van der Waals surface area contributed by atoms with Crippen LogP contribution in [0, 0.1) is 5.92 Å². The van der Waals surface area contributed by atoms with Gasteiger partial charge in [-0.15, -0.1) is 0 Å². The maximum atomic E-state index is 12.8. The van der Waals surface area contributed by atoms with E-state index in [1.54, 1.807) is 6.07 Å². The molecule has 1 aliphatic heterocycles. The highest BCUT2D eigenvalue weighted by atomic mass is 32.2. The van der Waals surface area contributed by atoms with E-state index in [-0.39, 0.29) is 36.0 Å². The Labute approximate surface area is 161 Å². The fourth-order valence-electron chi connectivity index (χ4n) is 3.64.